The van der Waals surface area contributed by atoms with Crippen LogP contribution >= 0.6 is 0 Å². The number of aromatic nitrogens is 1. The molecule has 0 aliphatic heterocycles. The van der Waals surface area contributed by atoms with Gasteiger partial charge in [0, 0.05) is 18.0 Å². The van der Waals surface area contributed by atoms with Crippen LogP contribution in [0.4, 0.5) is 5.69 Å². The van der Waals surface area contributed by atoms with Crippen molar-refractivity contribution < 1.29 is 13.2 Å². The van der Waals surface area contributed by atoms with Gasteiger partial charge in [0.2, 0.25) is 10.0 Å². The van der Waals surface area contributed by atoms with Crippen LogP contribution in [0.3, 0.4) is 0 Å². The number of anilines is 1. The minimum absolute atomic E-state index is 0.0445. The summed E-state index contributed by atoms with van der Waals surface area (Å²) in [7, 11) is -3.79. The zero-order valence-corrected chi connectivity index (χ0v) is 15.0. The van der Waals surface area contributed by atoms with Crippen molar-refractivity contribution in [3.63, 3.8) is 0 Å². The summed E-state index contributed by atoms with van der Waals surface area (Å²) in [4.78, 5) is 24.4. The number of benzene rings is 2. The number of carbonyl (C=O) groups excluding carboxylic acids is 1. The van der Waals surface area contributed by atoms with Crippen LogP contribution in [-0.4, -0.2) is 18.9 Å². The van der Waals surface area contributed by atoms with Gasteiger partial charge in [0.25, 0.3) is 11.5 Å². The standard InChI is InChI=1S/C19H17N3O4S/c20-27(25,26)17-9-7-16(8-10-17)21-19(24)15-6-11-18(23)22(13-15)12-14-4-2-1-3-5-14/h1-11,13H,12H2,(H,21,24)(H2,20,25,26). The summed E-state index contributed by atoms with van der Waals surface area (Å²) in [6.07, 6.45) is 1.49. The van der Waals surface area contributed by atoms with Crippen molar-refractivity contribution in [3.8, 4) is 0 Å². The molecule has 0 bridgehead atoms. The van der Waals surface area contributed by atoms with Gasteiger partial charge in [0.1, 0.15) is 0 Å². The molecular formula is C19H17N3O4S. The molecule has 2 aromatic carbocycles. The lowest BCUT2D eigenvalue weighted by molar-refractivity contribution is 0.102. The Hall–Kier alpha value is -3.23. The molecule has 0 radical (unpaired) electrons. The van der Waals surface area contributed by atoms with E-state index in [1.807, 2.05) is 30.3 Å². The topological polar surface area (TPSA) is 111 Å². The maximum Gasteiger partial charge on any atom is 0.257 e. The van der Waals surface area contributed by atoms with Crippen molar-refractivity contribution in [2.45, 2.75) is 11.4 Å². The highest BCUT2D eigenvalue weighted by Gasteiger charge is 2.11. The number of amides is 1. The third-order valence-corrected chi connectivity index (χ3v) is 4.81. The molecule has 0 saturated heterocycles. The molecule has 138 valence electrons. The third-order valence-electron chi connectivity index (χ3n) is 3.88. The van der Waals surface area contributed by atoms with Crippen molar-refractivity contribution in [1.29, 1.82) is 0 Å². The molecule has 3 aromatic rings. The fourth-order valence-electron chi connectivity index (χ4n) is 2.50. The van der Waals surface area contributed by atoms with E-state index in [9.17, 15) is 18.0 Å². The maximum atomic E-state index is 12.4. The number of sulfonamides is 1. The van der Waals surface area contributed by atoms with Crippen molar-refractivity contribution in [1.82, 2.24) is 4.57 Å². The first-order chi connectivity index (χ1) is 12.8. The molecule has 8 heteroatoms. The molecule has 1 heterocycles. The minimum Gasteiger partial charge on any atom is -0.322 e. The van der Waals surface area contributed by atoms with E-state index in [4.69, 9.17) is 5.14 Å². The molecule has 1 aromatic heterocycles. The number of nitrogens with zero attached hydrogens (tertiary/aromatic N) is 1. The van der Waals surface area contributed by atoms with Gasteiger partial charge in [-0.3, -0.25) is 9.59 Å². The Morgan fingerprint density at radius 2 is 1.63 bits per heavy atom. The van der Waals surface area contributed by atoms with Gasteiger partial charge in [0.05, 0.1) is 17.0 Å². The van der Waals surface area contributed by atoms with Gasteiger partial charge in [-0.05, 0) is 35.9 Å². The number of pyridine rings is 1. The summed E-state index contributed by atoms with van der Waals surface area (Å²) >= 11 is 0. The number of hydrogen-bond acceptors (Lipinski definition) is 4. The Labute approximate surface area is 156 Å². The molecule has 0 aliphatic rings. The summed E-state index contributed by atoms with van der Waals surface area (Å²) in [6, 6.07) is 17.7. The zero-order chi connectivity index (χ0) is 19.4. The highest BCUT2D eigenvalue weighted by atomic mass is 32.2. The summed E-state index contributed by atoms with van der Waals surface area (Å²) < 4.78 is 24.0. The van der Waals surface area contributed by atoms with Gasteiger partial charge in [-0.15, -0.1) is 0 Å². The number of hydrogen-bond donors (Lipinski definition) is 2. The number of rotatable bonds is 5. The van der Waals surface area contributed by atoms with Gasteiger partial charge in [0.15, 0.2) is 0 Å². The van der Waals surface area contributed by atoms with Gasteiger partial charge < -0.3 is 9.88 Å². The fourth-order valence-corrected chi connectivity index (χ4v) is 3.02. The molecule has 1 amide bonds. The zero-order valence-electron chi connectivity index (χ0n) is 14.2. The van der Waals surface area contributed by atoms with E-state index in [-0.39, 0.29) is 10.5 Å². The molecular weight excluding hydrogens is 366 g/mol. The lowest BCUT2D eigenvalue weighted by atomic mass is 10.2. The summed E-state index contributed by atoms with van der Waals surface area (Å²) in [6.45, 7) is 0.351. The molecule has 3 N–H and O–H groups in total. The molecule has 0 spiro atoms. The molecule has 0 saturated carbocycles. The minimum atomic E-state index is -3.79. The molecule has 0 atom stereocenters. The van der Waals surface area contributed by atoms with Gasteiger partial charge in [-0.25, -0.2) is 13.6 Å². The van der Waals surface area contributed by atoms with E-state index in [0.29, 0.717) is 17.8 Å². The quantitative estimate of drug-likeness (QED) is 0.700. The first-order valence-electron chi connectivity index (χ1n) is 8.01. The fraction of sp³-hybridized carbons (Fsp3) is 0.0526. The molecule has 0 fully saturated rings. The lowest BCUT2D eigenvalue weighted by Gasteiger charge is -2.09. The number of nitrogens with one attached hydrogen (secondary N) is 1. The third kappa shape index (κ3) is 4.69. The van der Waals surface area contributed by atoms with E-state index in [0.717, 1.165) is 5.56 Å². The first-order valence-corrected chi connectivity index (χ1v) is 9.56. The Bertz CT molecular complexity index is 1120. The van der Waals surface area contributed by atoms with Crippen LogP contribution in [0.25, 0.3) is 0 Å². The maximum absolute atomic E-state index is 12.4. The Morgan fingerprint density at radius 3 is 2.26 bits per heavy atom. The average Bonchev–Trinajstić information content (AvgIpc) is 2.64. The summed E-state index contributed by atoms with van der Waals surface area (Å²) in [5.41, 5.74) is 1.44. The SMILES string of the molecule is NS(=O)(=O)c1ccc(NC(=O)c2ccc(=O)n(Cc3ccccc3)c2)cc1. The lowest BCUT2D eigenvalue weighted by Crippen LogP contribution is -2.22. The van der Waals surface area contributed by atoms with Crippen LogP contribution in [0.1, 0.15) is 15.9 Å². The van der Waals surface area contributed by atoms with Crippen LogP contribution in [-0.2, 0) is 16.6 Å². The highest BCUT2D eigenvalue weighted by molar-refractivity contribution is 7.89. The second-order valence-corrected chi connectivity index (χ2v) is 7.45. The molecule has 0 unspecified atom stereocenters. The van der Waals surface area contributed by atoms with E-state index >= 15 is 0 Å². The van der Waals surface area contributed by atoms with Crippen molar-refractivity contribution in [3.05, 3.63) is 94.4 Å². The smallest absolute Gasteiger partial charge is 0.257 e. The van der Waals surface area contributed by atoms with E-state index < -0.39 is 15.9 Å². The first kappa shape index (κ1) is 18.6. The number of nitrogens with two attached hydrogens (primary N) is 1. The van der Waals surface area contributed by atoms with Gasteiger partial charge >= 0.3 is 0 Å². The molecule has 3 rings (SSSR count). The number of primary sulfonamides is 1. The van der Waals surface area contributed by atoms with Crippen molar-refractivity contribution in [2.75, 3.05) is 5.32 Å². The van der Waals surface area contributed by atoms with Crippen LogP contribution in [0, 0.1) is 0 Å². The molecule has 7 nitrogen and oxygen atoms in total. The molecule has 0 aliphatic carbocycles. The number of carbonyl (C=O) groups is 1. The van der Waals surface area contributed by atoms with E-state index in [1.165, 1.54) is 47.2 Å². The van der Waals surface area contributed by atoms with E-state index in [1.54, 1.807) is 0 Å². The van der Waals surface area contributed by atoms with Crippen LogP contribution in [0.15, 0.2) is 82.6 Å². The Morgan fingerprint density at radius 1 is 0.963 bits per heavy atom. The predicted molar refractivity (Wildman–Crippen MR) is 102 cm³/mol. The summed E-state index contributed by atoms with van der Waals surface area (Å²) in [5, 5.41) is 7.70. The second kappa shape index (κ2) is 7.56. The van der Waals surface area contributed by atoms with Crippen LogP contribution < -0.4 is 16.0 Å². The predicted octanol–water partition coefficient (Wildman–Crippen LogP) is 1.80. The van der Waals surface area contributed by atoms with Crippen molar-refractivity contribution in [2.24, 2.45) is 5.14 Å². The molecule has 27 heavy (non-hydrogen) atoms. The monoisotopic (exact) mass is 383 g/mol. The van der Waals surface area contributed by atoms with Crippen LogP contribution in [0.5, 0.6) is 0 Å². The average molecular weight is 383 g/mol. The second-order valence-electron chi connectivity index (χ2n) is 5.89. The Kier molecular flexibility index (Phi) is 5.20. The van der Waals surface area contributed by atoms with Gasteiger partial charge in [-0.1, -0.05) is 30.3 Å². The van der Waals surface area contributed by atoms with E-state index in [2.05, 4.69) is 5.32 Å². The highest BCUT2D eigenvalue weighted by Crippen LogP contribution is 2.14. The largest absolute Gasteiger partial charge is 0.322 e. The normalized spacial score (nSPS) is 11.1. The summed E-state index contributed by atoms with van der Waals surface area (Å²) in [5.74, 6) is -0.417. The Balaban J connectivity index is 1.79. The van der Waals surface area contributed by atoms with Crippen molar-refractivity contribution >= 4 is 21.6 Å². The van der Waals surface area contributed by atoms with Crippen LogP contribution in [0.2, 0.25) is 0 Å². The van der Waals surface area contributed by atoms with Gasteiger partial charge in [-0.2, -0.15) is 0 Å².